The zero-order valence-electron chi connectivity index (χ0n) is 20.9. The van der Waals surface area contributed by atoms with Gasteiger partial charge in [0.1, 0.15) is 11.5 Å². The van der Waals surface area contributed by atoms with E-state index in [1.807, 2.05) is 0 Å². The molecule has 0 aliphatic rings. The Morgan fingerprint density at radius 1 is 0.744 bits per heavy atom. The molecule has 2 heterocycles. The maximum Gasteiger partial charge on any atom is 0.251 e. The topological polar surface area (TPSA) is 159 Å². The molecular weight excluding hydrogens is 540 g/mol. The van der Waals surface area contributed by atoms with Gasteiger partial charge in [0.25, 0.3) is 11.1 Å². The maximum atomic E-state index is 12.4. The van der Waals surface area contributed by atoms with Crippen LogP contribution in [0.5, 0.6) is 11.5 Å². The van der Waals surface area contributed by atoms with E-state index < -0.39 is 0 Å². The van der Waals surface area contributed by atoms with Gasteiger partial charge in [-0.25, -0.2) is 9.97 Å². The van der Waals surface area contributed by atoms with Gasteiger partial charge in [0, 0.05) is 41.0 Å². The fourth-order valence-corrected chi connectivity index (χ4v) is 4.72. The molecule has 0 spiro atoms. The number of nitrogens with one attached hydrogen (secondary N) is 4. The lowest BCUT2D eigenvalue weighted by atomic mass is 10.2. The van der Waals surface area contributed by atoms with Crippen LogP contribution >= 0.6 is 23.5 Å². The largest absolute Gasteiger partial charge is 0.457 e. The molecule has 0 aliphatic heterocycles. The molecule has 11 nitrogen and oxygen atoms in total. The van der Waals surface area contributed by atoms with Gasteiger partial charge in [0.2, 0.25) is 11.8 Å². The second-order valence-electron chi connectivity index (χ2n) is 8.21. The molecule has 4 N–H and O–H groups in total. The van der Waals surface area contributed by atoms with Crippen molar-refractivity contribution in [2.24, 2.45) is 0 Å². The minimum Gasteiger partial charge on any atom is -0.457 e. The molecule has 0 saturated carbocycles. The van der Waals surface area contributed by atoms with Crippen molar-refractivity contribution in [3.05, 3.63) is 92.8 Å². The van der Waals surface area contributed by atoms with Crippen LogP contribution in [-0.4, -0.2) is 43.3 Å². The van der Waals surface area contributed by atoms with Crippen LogP contribution in [0.3, 0.4) is 0 Å². The number of ether oxygens (including phenoxy) is 1. The minimum absolute atomic E-state index is 0.0720. The molecule has 4 rings (SSSR count). The van der Waals surface area contributed by atoms with Crippen molar-refractivity contribution in [1.29, 1.82) is 0 Å². The number of aromatic amines is 2. The Hall–Kier alpha value is -4.36. The van der Waals surface area contributed by atoms with Gasteiger partial charge >= 0.3 is 0 Å². The molecule has 2 amide bonds. The summed E-state index contributed by atoms with van der Waals surface area (Å²) in [4.78, 5) is 61.3. The Bertz CT molecular complexity index is 1600. The van der Waals surface area contributed by atoms with Crippen molar-refractivity contribution in [2.75, 3.05) is 22.1 Å². The standard InChI is InChI=1S/C26H24N6O5S2/c1-15-10-21(33)31-25(27-15)38-13-23(35)29-17-6-8-19(9-7-17)37-20-5-3-4-18(12-20)30-24(36)14-39-26-28-16(2)11-22(34)32-26/h3-12H,13-14H2,1-2H3,(H,29,35)(H,30,36)(H,27,31,33)(H,28,32,34). The zero-order chi connectivity index (χ0) is 27.8. The number of rotatable bonds is 10. The number of anilines is 2. The summed E-state index contributed by atoms with van der Waals surface area (Å²) in [5, 5.41) is 6.34. The highest BCUT2D eigenvalue weighted by molar-refractivity contribution is 8.00. The number of aryl methyl sites for hydroxylation is 2. The van der Waals surface area contributed by atoms with Gasteiger partial charge in [0.05, 0.1) is 11.5 Å². The molecule has 200 valence electrons. The number of hydrogen-bond donors (Lipinski definition) is 4. The number of nitrogens with zero attached hydrogens (tertiary/aromatic N) is 2. The Morgan fingerprint density at radius 2 is 1.28 bits per heavy atom. The maximum absolute atomic E-state index is 12.4. The summed E-state index contributed by atoms with van der Waals surface area (Å²) in [6.45, 7) is 3.43. The van der Waals surface area contributed by atoms with Crippen LogP contribution in [0.1, 0.15) is 11.4 Å². The molecule has 0 saturated heterocycles. The Labute approximate surface area is 231 Å². The number of hydrogen-bond acceptors (Lipinski definition) is 9. The van der Waals surface area contributed by atoms with Crippen LogP contribution in [0, 0.1) is 13.8 Å². The molecule has 0 aliphatic carbocycles. The lowest BCUT2D eigenvalue weighted by Crippen LogP contribution is -2.15. The molecule has 39 heavy (non-hydrogen) atoms. The number of benzene rings is 2. The highest BCUT2D eigenvalue weighted by Crippen LogP contribution is 2.26. The Kier molecular flexibility index (Phi) is 9.18. The van der Waals surface area contributed by atoms with Gasteiger partial charge < -0.3 is 25.3 Å². The average molecular weight is 565 g/mol. The van der Waals surface area contributed by atoms with Crippen LogP contribution < -0.4 is 26.5 Å². The Balaban J connectivity index is 1.26. The second-order valence-corrected chi connectivity index (χ2v) is 10.1. The predicted molar refractivity (Wildman–Crippen MR) is 151 cm³/mol. The molecule has 0 bridgehead atoms. The number of thioether (sulfide) groups is 2. The fraction of sp³-hybridized carbons (Fsp3) is 0.154. The lowest BCUT2D eigenvalue weighted by molar-refractivity contribution is -0.114. The molecular formula is C26H24N6O5S2. The summed E-state index contributed by atoms with van der Waals surface area (Å²) in [6, 6.07) is 16.5. The van der Waals surface area contributed by atoms with Crippen LogP contribution in [0.25, 0.3) is 0 Å². The molecule has 0 unspecified atom stereocenters. The third kappa shape index (κ3) is 8.86. The van der Waals surface area contributed by atoms with E-state index in [9.17, 15) is 19.2 Å². The number of carbonyl (C=O) groups excluding carboxylic acids is 2. The van der Waals surface area contributed by atoms with Crippen LogP contribution in [0.15, 0.2) is 80.6 Å². The zero-order valence-corrected chi connectivity index (χ0v) is 22.6. The molecule has 0 radical (unpaired) electrons. The van der Waals surface area contributed by atoms with E-state index in [2.05, 4.69) is 30.6 Å². The third-order valence-corrected chi connectivity index (χ3v) is 6.61. The van der Waals surface area contributed by atoms with Gasteiger partial charge in [-0.15, -0.1) is 0 Å². The van der Waals surface area contributed by atoms with Gasteiger partial charge in [-0.3, -0.25) is 19.2 Å². The van der Waals surface area contributed by atoms with E-state index in [0.717, 1.165) is 23.5 Å². The first-order chi connectivity index (χ1) is 18.7. The van der Waals surface area contributed by atoms with E-state index >= 15 is 0 Å². The normalized spacial score (nSPS) is 10.6. The molecule has 0 atom stereocenters. The van der Waals surface area contributed by atoms with Crippen molar-refractivity contribution >= 4 is 46.7 Å². The van der Waals surface area contributed by atoms with Crippen molar-refractivity contribution < 1.29 is 14.3 Å². The first-order valence-electron chi connectivity index (χ1n) is 11.6. The van der Waals surface area contributed by atoms with Gasteiger partial charge in [-0.1, -0.05) is 29.6 Å². The fourth-order valence-electron chi connectivity index (χ4n) is 3.28. The van der Waals surface area contributed by atoms with Gasteiger partial charge in [-0.2, -0.15) is 0 Å². The smallest absolute Gasteiger partial charge is 0.251 e. The van der Waals surface area contributed by atoms with E-state index in [-0.39, 0.29) is 34.4 Å². The van der Waals surface area contributed by atoms with E-state index in [1.165, 1.54) is 12.1 Å². The van der Waals surface area contributed by atoms with Crippen molar-refractivity contribution in [3.8, 4) is 11.5 Å². The first-order valence-corrected chi connectivity index (χ1v) is 13.6. The summed E-state index contributed by atoms with van der Waals surface area (Å²) >= 11 is 2.27. The van der Waals surface area contributed by atoms with Gasteiger partial charge in [-0.05, 0) is 50.2 Å². The quantitative estimate of drug-likeness (QED) is 0.166. The molecule has 2 aromatic heterocycles. The number of H-pyrrole nitrogens is 2. The van der Waals surface area contributed by atoms with Crippen molar-refractivity contribution in [3.63, 3.8) is 0 Å². The molecule has 2 aromatic carbocycles. The second kappa shape index (κ2) is 12.9. The summed E-state index contributed by atoms with van der Waals surface area (Å²) in [5.41, 5.74) is 1.77. The highest BCUT2D eigenvalue weighted by atomic mass is 32.2. The monoisotopic (exact) mass is 564 g/mol. The van der Waals surface area contributed by atoms with Crippen LogP contribution in [-0.2, 0) is 9.59 Å². The van der Waals surface area contributed by atoms with Crippen LogP contribution in [0.4, 0.5) is 11.4 Å². The Morgan fingerprint density at radius 3 is 1.82 bits per heavy atom. The average Bonchev–Trinajstić information content (AvgIpc) is 2.87. The van der Waals surface area contributed by atoms with Gasteiger partial charge in [0.15, 0.2) is 10.3 Å². The van der Waals surface area contributed by atoms with E-state index in [4.69, 9.17) is 4.74 Å². The van der Waals surface area contributed by atoms with Crippen LogP contribution in [0.2, 0.25) is 0 Å². The molecule has 4 aromatic rings. The molecule has 0 fully saturated rings. The van der Waals surface area contributed by atoms with E-state index in [0.29, 0.717) is 44.6 Å². The number of amides is 2. The first kappa shape index (κ1) is 27.7. The SMILES string of the molecule is Cc1cc(=O)[nH]c(SCC(=O)Nc2ccc(Oc3cccc(NC(=O)CSc4nc(C)cc(=O)[nH]4)c3)cc2)n1. The summed E-state index contributed by atoms with van der Waals surface area (Å²) in [6.07, 6.45) is 0. The third-order valence-electron chi connectivity index (χ3n) is 4.87. The highest BCUT2D eigenvalue weighted by Gasteiger charge is 2.09. The summed E-state index contributed by atoms with van der Waals surface area (Å²) in [5.74, 6) is 0.701. The lowest BCUT2D eigenvalue weighted by Gasteiger charge is -2.10. The van der Waals surface area contributed by atoms with Crippen molar-refractivity contribution in [2.45, 2.75) is 24.2 Å². The summed E-state index contributed by atoms with van der Waals surface area (Å²) < 4.78 is 5.88. The number of aromatic nitrogens is 4. The van der Waals surface area contributed by atoms with Crippen molar-refractivity contribution in [1.82, 2.24) is 19.9 Å². The number of carbonyl (C=O) groups is 2. The minimum atomic E-state index is -0.265. The predicted octanol–water partition coefficient (Wildman–Crippen LogP) is 3.72. The summed E-state index contributed by atoms with van der Waals surface area (Å²) in [7, 11) is 0. The van der Waals surface area contributed by atoms with E-state index in [1.54, 1.807) is 62.4 Å². The molecule has 13 heteroatoms.